The molecule has 0 radical (unpaired) electrons. The molecule has 0 aromatic heterocycles. The Hall–Kier alpha value is -2.63. The van der Waals surface area contributed by atoms with Gasteiger partial charge in [-0.3, -0.25) is 5.73 Å². The van der Waals surface area contributed by atoms with Crippen molar-refractivity contribution in [2.45, 2.75) is 24.8 Å². The molecule has 0 saturated carbocycles. The third-order valence-electron chi connectivity index (χ3n) is 5.07. The van der Waals surface area contributed by atoms with E-state index in [-0.39, 0.29) is 5.84 Å². The van der Waals surface area contributed by atoms with E-state index in [0.29, 0.717) is 17.2 Å². The Morgan fingerprint density at radius 3 is 2.63 bits per heavy atom. The van der Waals surface area contributed by atoms with Gasteiger partial charge in [-0.2, -0.15) is 18.2 Å². The van der Waals surface area contributed by atoms with Gasteiger partial charge in [-0.25, -0.2) is 9.79 Å². The zero-order chi connectivity index (χ0) is 21.9. The number of hydrogen-bond acceptors (Lipinski definition) is 8. The summed E-state index contributed by atoms with van der Waals surface area (Å²) in [4.78, 5) is 22.2. The first kappa shape index (κ1) is 22.1. The molecule has 1 unspecified atom stereocenters. The molecule has 1 aromatic carbocycles. The van der Waals surface area contributed by atoms with Gasteiger partial charge < -0.3 is 20.2 Å². The van der Waals surface area contributed by atoms with Crippen LogP contribution >= 0.6 is 0 Å². The summed E-state index contributed by atoms with van der Waals surface area (Å²) in [6, 6.07) is 5.31. The highest BCUT2D eigenvalue weighted by atomic mass is 19.4. The van der Waals surface area contributed by atoms with Crippen LogP contribution in [0.4, 0.5) is 13.2 Å². The molecule has 0 bridgehead atoms. The monoisotopic (exact) mass is 427 g/mol. The maximum absolute atomic E-state index is 12.7. The molecule has 0 amide bonds. The van der Waals surface area contributed by atoms with Crippen molar-refractivity contribution in [3.8, 4) is 0 Å². The van der Waals surface area contributed by atoms with Crippen LogP contribution in [0.1, 0.15) is 16.7 Å². The van der Waals surface area contributed by atoms with E-state index in [9.17, 15) is 18.0 Å². The topological polar surface area (TPSA) is 106 Å². The second kappa shape index (κ2) is 8.62. The van der Waals surface area contributed by atoms with Crippen LogP contribution in [0.2, 0.25) is 0 Å². The van der Waals surface area contributed by atoms with Gasteiger partial charge in [0.1, 0.15) is 5.84 Å². The van der Waals surface area contributed by atoms with Crippen molar-refractivity contribution in [1.29, 1.82) is 0 Å². The second-order valence-electron chi connectivity index (χ2n) is 7.10. The minimum Gasteiger partial charge on any atom is -0.384 e. The van der Waals surface area contributed by atoms with Crippen LogP contribution in [-0.2, 0) is 33.0 Å². The fourth-order valence-electron chi connectivity index (χ4n) is 3.42. The molecule has 0 saturated heterocycles. The predicted octanol–water partition coefficient (Wildman–Crippen LogP) is 1.01. The minimum atomic E-state index is -5.18. The highest BCUT2D eigenvalue weighted by Gasteiger charge is 2.46. The molecule has 1 aromatic rings. The van der Waals surface area contributed by atoms with Gasteiger partial charge in [-0.15, -0.1) is 0 Å². The molecule has 0 fully saturated rings. The van der Waals surface area contributed by atoms with E-state index in [0.717, 1.165) is 49.8 Å². The summed E-state index contributed by atoms with van der Waals surface area (Å²) in [6.45, 7) is 3.11. The lowest BCUT2D eigenvalue weighted by Crippen LogP contribution is -2.53. The number of amidine groups is 1. The zero-order valence-corrected chi connectivity index (χ0v) is 16.5. The summed E-state index contributed by atoms with van der Waals surface area (Å²) < 4.78 is 43.2. The normalized spacial score (nSPS) is 22.3. The summed E-state index contributed by atoms with van der Waals surface area (Å²) >= 11 is 0. The highest BCUT2D eigenvalue weighted by molar-refractivity contribution is 5.92. The number of fused-ring (bicyclic) bond motifs is 1. The molecule has 11 heteroatoms. The van der Waals surface area contributed by atoms with Gasteiger partial charge in [0.05, 0.1) is 6.61 Å². The molecular formula is C19H24F3N5O3. The molecule has 8 nitrogen and oxygen atoms in total. The number of carbonyl (C=O) groups excluding carboxylic acids is 1. The van der Waals surface area contributed by atoms with Gasteiger partial charge >= 0.3 is 12.1 Å². The predicted molar refractivity (Wildman–Crippen MR) is 103 cm³/mol. The van der Waals surface area contributed by atoms with E-state index in [2.05, 4.69) is 14.7 Å². The first-order chi connectivity index (χ1) is 14.1. The van der Waals surface area contributed by atoms with Crippen molar-refractivity contribution in [3.05, 3.63) is 47.2 Å². The van der Waals surface area contributed by atoms with Crippen LogP contribution < -0.4 is 11.5 Å². The van der Waals surface area contributed by atoms with Crippen LogP contribution in [0.15, 0.2) is 35.5 Å². The van der Waals surface area contributed by atoms with Crippen LogP contribution in [0, 0.1) is 0 Å². The lowest BCUT2D eigenvalue weighted by molar-refractivity contribution is -0.247. The van der Waals surface area contributed by atoms with Crippen molar-refractivity contribution >= 4 is 11.8 Å². The van der Waals surface area contributed by atoms with E-state index in [1.54, 1.807) is 19.2 Å². The number of rotatable bonds is 5. The van der Waals surface area contributed by atoms with Crippen LogP contribution in [0.3, 0.4) is 0 Å². The Bertz CT molecular complexity index is 858. The number of nitrogens with two attached hydrogens (primary N) is 2. The van der Waals surface area contributed by atoms with Crippen molar-refractivity contribution in [2.24, 2.45) is 16.5 Å². The zero-order valence-electron chi connectivity index (χ0n) is 16.5. The van der Waals surface area contributed by atoms with Gasteiger partial charge in [-0.1, -0.05) is 12.1 Å². The molecule has 164 valence electrons. The number of halogens is 3. The number of carbonyl (C=O) groups is 1. The summed E-state index contributed by atoms with van der Waals surface area (Å²) in [5.74, 6) is -4.32. The van der Waals surface area contributed by atoms with E-state index in [1.165, 1.54) is 6.08 Å². The van der Waals surface area contributed by atoms with Crippen molar-refractivity contribution in [2.75, 3.05) is 33.4 Å². The van der Waals surface area contributed by atoms with Gasteiger partial charge in [0.15, 0.2) is 0 Å². The Balaban J connectivity index is 1.87. The van der Waals surface area contributed by atoms with Crippen LogP contribution in [0.5, 0.6) is 0 Å². The number of nitrogens with zero attached hydrogens (tertiary/aromatic N) is 3. The first-order valence-corrected chi connectivity index (χ1v) is 9.38. The van der Waals surface area contributed by atoms with Gasteiger partial charge in [0, 0.05) is 38.5 Å². The lowest BCUT2D eigenvalue weighted by atomic mass is 9.97. The number of hydrogen-bond donors (Lipinski definition) is 2. The second-order valence-corrected chi connectivity index (χ2v) is 7.10. The molecule has 30 heavy (non-hydrogen) atoms. The maximum atomic E-state index is 12.7. The van der Waals surface area contributed by atoms with Gasteiger partial charge in [-0.05, 0) is 36.1 Å². The molecule has 0 aliphatic carbocycles. The van der Waals surface area contributed by atoms with Crippen LogP contribution in [0.25, 0.3) is 0 Å². The molecule has 1 atom stereocenters. The third-order valence-corrected chi connectivity index (χ3v) is 5.07. The molecule has 0 spiro atoms. The summed E-state index contributed by atoms with van der Waals surface area (Å²) in [7, 11) is 1.65. The first-order valence-electron chi connectivity index (χ1n) is 9.38. The quantitative estimate of drug-likeness (QED) is 0.722. The SMILES string of the molecule is COCCN1CCc2ccc(C3(N)N=C(N)C=CN3OC(=O)C(F)(F)F)cc2CC1. The summed E-state index contributed by atoms with van der Waals surface area (Å²) in [5, 5.41) is 0.572. The summed E-state index contributed by atoms with van der Waals surface area (Å²) in [5.41, 5.74) is 14.5. The third kappa shape index (κ3) is 4.74. The number of benzene rings is 1. The molecule has 3 rings (SSSR count). The van der Waals surface area contributed by atoms with Crippen LogP contribution in [-0.4, -0.2) is 61.3 Å². The Morgan fingerprint density at radius 2 is 1.97 bits per heavy atom. The number of alkyl halides is 3. The lowest BCUT2D eigenvalue weighted by Gasteiger charge is -2.37. The van der Waals surface area contributed by atoms with E-state index in [1.807, 2.05) is 6.07 Å². The number of aliphatic imine (C=N–C) groups is 1. The minimum absolute atomic E-state index is 0.00232. The average molecular weight is 427 g/mol. The Labute approximate surface area is 171 Å². The van der Waals surface area contributed by atoms with Crippen molar-refractivity contribution in [3.63, 3.8) is 0 Å². The Morgan fingerprint density at radius 1 is 1.27 bits per heavy atom. The number of ether oxygens (including phenoxy) is 1. The fraction of sp³-hybridized carbons (Fsp3) is 0.474. The molecule has 2 aliphatic rings. The highest BCUT2D eigenvalue weighted by Crippen LogP contribution is 2.32. The molecule has 2 heterocycles. The molecular weight excluding hydrogens is 403 g/mol. The average Bonchev–Trinajstić information content (AvgIpc) is 2.89. The summed E-state index contributed by atoms with van der Waals surface area (Å²) in [6.07, 6.45) is -1.38. The van der Waals surface area contributed by atoms with Crippen molar-refractivity contribution in [1.82, 2.24) is 9.96 Å². The Kier molecular flexibility index (Phi) is 6.34. The van der Waals surface area contributed by atoms with Gasteiger partial charge in [0.2, 0.25) is 5.79 Å². The molecule has 2 aliphatic heterocycles. The van der Waals surface area contributed by atoms with E-state index >= 15 is 0 Å². The standard InChI is InChI=1S/C19H24F3N5O3/c1-29-11-10-26-7-4-13-2-3-15(12-14(13)5-8-26)19(24)25-16(23)6-9-27(19)30-17(28)18(20,21)22/h2-3,6,9,12H,4-5,7-8,10-11,24H2,1H3,(H2,23,25). The van der Waals surface area contributed by atoms with Gasteiger partial charge in [0.25, 0.3) is 0 Å². The smallest absolute Gasteiger partial charge is 0.384 e. The molecule has 4 N–H and O–H groups in total. The maximum Gasteiger partial charge on any atom is 0.493 e. The number of methoxy groups -OCH3 is 1. The van der Waals surface area contributed by atoms with E-state index < -0.39 is 17.9 Å². The number of hydroxylamine groups is 2. The van der Waals surface area contributed by atoms with Crippen molar-refractivity contribution < 1.29 is 27.5 Å². The van der Waals surface area contributed by atoms with E-state index in [4.69, 9.17) is 16.2 Å². The fourth-order valence-corrected chi connectivity index (χ4v) is 3.42. The largest absolute Gasteiger partial charge is 0.493 e.